The first-order chi connectivity index (χ1) is 7.74. The van der Waals surface area contributed by atoms with Crippen LogP contribution in [0.1, 0.15) is 24.8 Å². The van der Waals surface area contributed by atoms with Crippen LogP contribution in [-0.4, -0.2) is 17.7 Å². The van der Waals surface area contributed by atoms with Crippen LogP contribution >= 0.6 is 0 Å². The maximum atomic E-state index is 5.83. The highest BCUT2D eigenvalue weighted by molar-refractivity contribution is 5.86. The highest BCUT2D eigenvalue weighted by atomic mass is 16.5. The average molecular weight is 216 g/mol. The monoisotopic (exact) mass is 216 g/mol. The SMILES string of the molecule is CC1CC(c2c[nH]c3ccc(N)cc23)CO1. The van der Waals surface area contributed by atoms with Gasteiger partial charge >= 0.3 is 0 Å². The van der Waals surface area contributed by atoms with E-state index in [2.05, 4.69) is 18.1 Å². The van der Waals surface area contributed by atoms with Crippen molar-refractivity contribution >= 4 is 16.6 Å². The Morgan fingerprint density at radius 1 is 1.44 bits per heavy atom. The number of ether oxygens (including phenoxy) is 1. The van der Waals surface area contributed by atoms with E-state index in [9.17, 15) is 0 Å². The molecular weight excluding hydrogens is 200 g/mol. The van der Waals surface area contributed by atoms with E-state index in [0.717, 1.165) is 24.2 Å². The summed E-state index contributed by atoms with van der Waals surface area (Å²) in [5.41, 5.74) is 9.15. The molecule has 0 bridgehead atoms. The summed E-state index contributed by atoms with van der Waals surface area (Å²) in [6.45, 7) is 2.95. The van der Waals surface area contributed by atoms with Crippen molar-refractivity contribution in [1.29, 1.82) is 0 Å². The topological polar surface area (TPSA) is 51.0 Å². The van der Waals surface area contributed by atoms with E-state index in [0.29, 0.717) is 12.0 Å². The van der Waals surface area contributed by atoms with Crippen LogP contribution in [0, 0.1) is 0 Å². The molecule has 1 aromatic heterocycles. The first kappa shape index (κ1) is 9.73. The second-order valence-electron chi connectivity index (χ2n) is 4.63. The molecule has 1 aromatic carbocycles. The Balaban J connectivity index is 2.06. The lowest BCUT2D eigenvalue weighted by Crippen LogP contribution is -1.97. The number of H-pyrrole nitrogens is 1. The largest absolute Gasteiger partial charge is 0.399 e. The predicted molar refractivity (Wildman–Crippen MR) is 65.5 cm³/mol. The standard InChI is InChI=1S/C13H16N2O/c1-8-4-9(7-16-8)12-6-15-13-3-2-10(14)5-11(12)13/h2-3,5-6,8-9,15H,4,7,14H2,1H3. The number of aromatic amines is 1. The van der Waals surface area contributed by atoms with Crippen LogP contribution in [0.3, 0.4) is 0 Å². The number of hydrogen-bond donors (Lipinski definition) is 2. The normalized spacial score (nSPS) is 25.3. The van der Waals surface area contributed by atoms with Gasteiger partial charge in [0.05, 0.1) is 12.7 Å². The zero-order valence-corrected chi connectivity index (χ0v) is 9.36. The number of benzene rings is 1. The van der Waals surface area contributed by atoms with Gasteiger partial charge in [-0.1, -0.05) is 0 Å². The van der Waals surface area contributed by atoms with E-state index in [1.807, 2.05) is 18.2 Å². The van der Waals surface area contributed by atoms with Crippen LogP contribution in [0.25, 0.3) is 10.9 Å². The number of fused-ring (bicyclic) bond motifs is 1. The van der Waals surface area contributed by atoms with Gasteiger partial charge in [0.15, 0.2) is 0 Å². The molecule has 0 spiro atoms. The Hall–Kier alpha value is -1.48. The second kappa shape index (κ2) is 3.52. The lowest BCUT2D eigenvalue weighted by atomic mass is 9.96. The number of nitrogens with two attached hydrogens (primary N) is 1. The third-order valence-corrected chi connectivity index (χ3v) is 3.38. The van der Waals surface area contributed by atoms with E-state index in [1.165, 1.54) is 10.9 Å². The van der Waals surface area contributed by atoms with Gasteiger partial charge in [-0.25, -0.2) is 0 Å². The number of rotatable bonds is 1. The molecule has 16 heavy (non-hydrogen) atoms. The van der Waals surface area contributed by atoms with Gasteiger partial charge in [0.25, 0.3) is 0 Å². The summed E-state index contributed by atoms with van der Waals surface area (Å²) >= 11 is 0. The van der Waals surface area contributed by atoms with Crippen molar-refractivity contribution in [3.05, 3.63) is 30.0 Å². The number of nitrogen functional groups attached to an aromatic ring is 1. The summed E-state index contributed by atoms with van der Waals surface area (Å²) in [5.74, 6) is 0.505. The van der Waals surface area contributed by atoms with Crippen molar-refractivity contribution in [3.8, 4) is 0 Å². The first-order valence-corrected chi connectivity index (χ1v) is 5.72. The number of anilines is 1. The molecular formula is C13H16N2O. The Morgan fingerprint density at radius 3 is 3.06 bits per heavy atom. The van der Waals surface area contributed by atoms with Gasteiger partial charge in [-0.2, -0.15) is 0 Å². The summed E-state index contributed by atoms with van der Waals surface area (Å²) < 4.78 is 5.62. The minimum Gasteiger partial charge on any atom is -0.399 e. The number of aromatic nitrogens is 1. The molecule has 1 aliphatic rings. The lowest BCUT2D eigenvalue weighted by Gasteiger charge is -2.06. The Morgan fingerprint density at radius 2 is 2.31 bits per heavy atom. The van der Waals surface area contributed by atoms with Crippen LogP contribution in [0.5, 0.6) is 0 Å². The van der Waals surface area contributed by atoms with Crippen molar-refractivity contribution < 1.29 is 4.74 Å². The molecule has 1 saturated heterocycles. The highest BCUT2D eigenvalue weighted by Crippen LogP contribution is 2.34. The molecule has 2 atom stereocenters. The molecule has 1 aliphatic heterocycles. The molecule has 3 rings (SSSR count). The lowest BCUT2D eigenvalue weighted by molar-refractivity contribution is 0.123. The second-order valence-corrected chi connectivity index (χ2v) is 4.63. The van der Waals surface area contributed by atoms with Crippen LogP contribution in [0.2, 0.25) is 0 Å². The Labute approximate surface area is 94.6 Å². The molecule has 3 N–H and O–H groups in total. The van der Waals surface area contributed by atoms with Crippen LogP contribution in [-0.2, 0) is 4.74 Å². The van der Waals surface area contributed by atoms with Gasteiger partial charge < -0.3 is 15.5 Å². The quantitative estimate of drug-likeness (QED) is 0.720. The third-order valence-electron chi connectivity index (χ3n) is 3.38. The van der Waals surface area contributed by atoms with Crippen molar-refractivity contribution in [2.24, 2.45) is 0 Å². The molecule has 2 aromatic rings. The number of hydrogen-bond acceptors (Lipinski definition) is 2. The van der Waals surface area contributed by atoms with Crippen molar-refractivity contribution in [3.63, 3.8) is 0 Å². The summed E-state index contributed by atoms with van der Waals surface area (Å²) in [7, 11) is 0. The Bertz CT molecular complexity index is 518. The highest BCUT2D eigenvalue weighted by Gasteiger charge is 2.25. The van der Waals surface area contributed by atoms with E-state index in [4.69, 9.17) is 10.5 Å². The van der Waals surface area contributed by atoms with E-state index in [1.54, 1.807) is 0 Å². The molecule has 0 aliphatic carbocycles. The zero-order valence-electron chi connectivity index (χ0n) is 9.36. The maximum Gasteiger partial charge on any atom is 0.0554 e. The van der Waals surface area contributed by atoms with Crippen molar-refractivity contribution in [2.45, 2.75) is 25.4 Å². The Kier molecular flexibility index (Phi) is 2.14. The molecule has 2 unspecified atom stereocenters. The van der Waals surface area contributed by atoms with Gasteiger partial charge in [0.1, 0.15) is 0 Å². The third kappa shape index (κ3) is 1.48. The molecule has 0 saturated carbocycles. The minimum atomic E-state index is 0.371. The van der Waals surface area contributed by atoms with Crippen molar-refractivity contribution in [1.82, 2.24) is 4.98 Å². The molecule has 84 valence electrons. The summed E-state index contributed by atoms with van der Waals surface area (Å²) in [6, 6.07) is 6.01. The molecule has 2 heterocycles. The molecule has 0 radical (unpaired) electrons. The smallest absolute Gasteiger partial charge is 0.0554 e. The fourth-order valence-corrected chi connectivity index (χ4v) is 2.53. The molecule has 3 nitrogen and oxygen atoms in total. The summed E-state index contributed by atoms with van der Waals surface area (Å²) in [4.78, 5) is 3.30. The average Bonchev–Trinajstić information content (AvgIpc) is 2.83. The fraction of sp³-hybridized carbons (Fsp3) is 0.385. The maximum absolute atomic E-state index is 5.83. The first-order valence-electron chi connectivity index (χ1n) is 5.72. The summed E-state index contributed by atoms with van der Waals surface area (Å²) in [5, 5.41) is 1.24. The number of nitrogens with one attached hydrogen (secondary N) is 1. The van der Waals surface area contributed by atoms with Crippen LogP contribution in [0.15, 0.2) is 24.4 Å². The van der Waals surface area contributed by atoms with Gasteiger partial charge in [0.2, 0.25) is 0 Å². The van der Waals surface area contributed by atoms with Crippen molar-refractivity contribution in [2.75, 3.05) is 12.3 Å². The van der Waals surface area contributed by atoms with Gasteiger partial charge in [-0.3, -0.25) is 0 Å². The van der Waals surface area contributed by atoms with E-state index >= 15 is 0 Å². The van der Waals surface area contributed by atoms with Crippen LogP contribution < -0.4 is 5.73 Å². The van der Waals surface area contributed by atoms with E-state index in [-0.39, 0.29) is 0 Å². The van der Waals surface area contributed by atoms with Gasteiger partial charge in [-0.15, -0.1) is 0 Å². The van der Waals surface area contributed by atoms with E-state index < -0.39 is 0 Å². The minimum absolute atomic E-state index is 0.371. The van der Waals surface area contributed by atoms with Gasteiger partial charge in [0, 0.05) is 28.7 Å². The predicted octanol–water partition coefficient (Wildman–Crippen LogP) is 2.64. The zero-order chi connectivity index (χ0) is 11.1. The summed E-state index contributed by atoms with van der Waals surface area (Å²) in [6.07, 6.45) is 3.56. The molecule has 1 fully saturated rings. The van der Waals surface area contributed by atoms with Gasteiger partial charge in [-0.05, 0) is 37.1 Å². The fourth-order valence-electron chi connectivity index (χ4n) is 2.53. The van der Waals surface area contributed by atoms with Crippen LogP contribution in [0.4, 0.5) is 5.69 Å². The molecule has 3 heteroatoms. The molecule has 0 amide bonds.